The molecule has 4 aliphatic rings. The van der Waals surface area contributed by atoms with Crippen LogP contribution < -0.4 is 0 Å². The van der Waals surface area contributed by atoms with Gasteiger partial charge in [-0.3, -0.25) is 4.79 Å². The Kier molecular flexibility index (Phi) is 7.76. The highest BCUT2D eigenvalue weighted by molar-refractivity contribution is 5.93. The fourth-order valence-corrected chi connectivity index (χ4v) is 7.94. The summed E-state index contributed by atoms with van der Waals surface area (Å²) in [6, 6.07) is 7.06. The normalized spacial score (nSPS) is 31.1. The molecule has 0 aliphatic heterocycles. The van der Waals surface area contributed by atoms with E-state index in [0.29, 0.717) is 31.2 Å². The molecule has 0 saturated heterocycles. The third kappa shape index (κ3) is 4.82. The summed E-state index contributed by atoms with van der Waals surface area (Å²) >= 11 is 0. The number of hydrogen-bond donors (Lipinski definition) is 1. The largest absolute Gasteiger partial charge is 0.463 e. The minimum atomic E-state index is -5.89. The summed E-state index contributed by atoms with van der Waals surface area (Å²) in [5.74, 6) is -1.43. The average molecular weight is 589 g/mol. The van der Waals surface area contributed by atoms with E-state index in [4.69, 9.17) is 4.74 Å². The second kappa shape index (κ2) is 10.8. The lowest BCUT2D eigenvalue weighted by molar-refractivity contribution is -0.362. The number of rotatable bonds is 4. The van der Waals surface area contributed by atoms with Gasteiger partial charge in [-0.1, -0.05) is 36.5 Å². The zero-order chi connectivity index (χ0) is 30.5. The summed E-state index contributed by atoms with van der Waals surface area (Å²) in [6.45, 7) is 3.35. The molecular weight excluding hydrogens is 555 g/mol. The first-order valence-corrected chi connectivity index (χ1v) is 14.3. The average Bonchev–Trinajstić information content (AvgIpc) is 3.21. The molecule has 5 atom stereocenters. The topological polar surface area (TPSA) is 63.6 Å². The Morgan fingerprint density at radius 2 is 1.83 bits per heavy atom. The van der Waals surface area contributed by atoms with Gasteiger partial charge in [0.1, 0.15) is 5.60 Å². The summed E-state index contributed by atoms with van der Waals surface area (Å²) in [4.78, 5) is 23.6. The van der Waals surface area contributed by atoms with Crippen molar-refractivity contribution in [1.29, 1.82) is 0 Å². The first-order chi connectivity index (χ1) is 19.7. The number of ketones is 1. The van der Waals surface area contributed by atoms with E-state index in [0.717, 1.165) is 22.3 Å². The molecule has 224 valence electrons. The van der Waals surface area contributed by atoms with Crippen LogP contribution in [-0.4, -0.2) is 41.2 Å². The van der Waals surface area contributed by atoms with Crippen LogP contribution in [-0.2, 0) is 14.3 Å². The van der Waals surface area contributed by atoms with Gasteiger partial charge < -0.3 is 9.84 Å². The van der Waals surface area contributed by atoms with E-state index < -0.39 is 47.3 Å². The van der Waals surface area contributed by atoms with Crippen LogP contribution in [0.15, 0.2) is 59.2 Å². The summed E-state index contributed by atoms with van der Waals surface area (Å²) < 4.78 is 76.2. The van der Waals surface area contributed by atoms with E-state index in [1.807, 2.05) is 0 Å². The zero-order valence-electron chi connectivity index (χ0n) is 23.5. The van der Waals surface area contributed by atoms with Crippen LogP contribution in [0.1, 0.15) is 75.8 Å². The number of carbonyl (C=O) groups is 2. The Morgan fingerprint density at radius 1 is 1.12 bits per heavy atom. The molecule has 2 saturated carbocycles. The van der Waals surface area contributed by atoms with Crippen molar-refractivity contribution in [1.82, 2.24) is 0 Å². The van der Waals surface area contributed by atoms with Gasteiger partial charge in [0.05, 0.1) is 6.61 Å². The van der Waals surface area contributed by atoms with Gasteiger partial charge in [0, 0.05) is 29.4 Å². The predicted molar refractivity (Wildman–Crippen MR) is 145 cm³/mol. The van der Waals surface area contributed by atoms with E-state index in [-0.39, 0.29) is 31.1 Å². The van der Waals surface area contributed by atoms with Gasteiger partial charge in [-0.2, -0.15) is 22.0 Å². The maximum Gasteiger partial charge on any atom is 0.456 e. The Hall–Kier alpha value is -3.25. The van der Waals surface area contributed by atoms with Crippen LogP contribution >= 0.6 is 0 Å². The van der Waals surface area contributed by atoms with Crippen molar-refractivity contribution >= 4 is 11.8 Å². The predicted octanol–water partition coefficient (Wildman–Crippen LogP) is 6.99. The lowest BCUT2D eigenvalue weighted by Gasteiger charge is -2.56. The molecule has 4 nitrogen and oxygen atoms in total. The van der Waals surface area contributed by atoms with Crippen molar-refractivity contribution in [2.75, 3.05) is 6.61 Å². The summed E-state index contributed by atoms with van der Waals surface area (Å²) in [5.41, 5.74) is -0.634. The maximum atomic E-state index is 15.1. The number of benzene rings is 1. The Labute approximate surface area is 241 Å². The number of ether oxygens (including phenoxy) is 1. The Bertz CT molecular complexity index is 1420. The van der Waals surface area contributed by atoms with Crippen molar-refractivity contribution in [3.05, 3.63) is 70.3 Å². The molecule has 2 fully saturated rings. The smallest absolute Gasteiger partial charge is 0.456 e. The highest BCUT2D eigenvalue weighted by Crippen LogP contribution is 2.70. The lowest BCUT2D eigenvalue weighted by atomic mass is 9.50. The molecule has 1 N–H and O–H groups in total. The highest BCUT2D eigenvalue weighted by Gasteiger charge is 2.79. The SMILES string of the molecule is CCOC(=O)/C=C/C#Cc1ccc([C@H]2C[C@@]3(C)[C@@H](CC[C@@]3(O)C(F)(F)C(F)(F)F)[C@@H]3CCC4=CC(=O)CCC4=C32)cc1. The minimum absolute atomic E-state index is 0.0324. The first kappa shape index (κ1) is 30.2. The minimum Gasteiger partial charge on any atom is -0.463 e. The monoisotopic (exact) mass is 588 g/mol. The molecule has 1 aromatic rings. The molecule has 0 radical (unpaired) electrons. The molecule has 0 aromatic heterocycles. The van der Waals surface area contributed by atoms with Gasteiger partial charge in [-0.05, 0) is 98.3 Å². The van der Waals surface area contributed by atoms with Crippen LogP contribution in [0.25, 0.3) is 0 Å². The number of halogens is 5. The van der Waals surface area contributed by atoms with Crippen molar-refractivity contribution in [2.24, 2.45) is 17.3 Å². The Morgan fingerprint density at radius 3 is 2.50 bits per heavy atom. The van der Waals surface area contributed by atoms with Crippen molar-refractivity contribution in [3.63, 3.8) is 0 Å². The standard InChI is InChI=1S/C33H33F5O4/c1-3-42-28(40)7-5-4-6-20-8-10-21(11-9-20)26-19-30(2)27(16-17-31(30,41)32(34,35)33(36,37)38)25-14-12-22-18-23(39)13-15-24(22)29(25)26/h5,7-11,18,25-27,41H,3,12-17,19H2,1-2H3/b7-5+/t25-,26+,27-,30-,31-/m0/s1. The molecule has 0 amide bonds. The Balaban J connectivity index is 1.56. The van der Waals surface area contributed by atoms with Gasteiger partial charge in [-0.25, -0.2) is 4.79 Å². The molecule has 4 aliphatic carbocycles. The number of carbonyl (C=O) groups excluding carboxylic acids is 2. The number of fused-ring (bicyclic) bond motifs is 4. The fourth-order valence-electron chi connectivity index (χ4n) is 7.94. The number of aliphatic hydroxyl groups is 1. The molecule has 0 bridgehead atoms. The lowest BCUT2D eigenvalue weighted by Crippen LogP contribution is -2.65. The number of esters is 1. The second-order valence-electron chi connectivity index (χ2n) is 11.9. The van der Waals surface area contributed by atoms with Crippen LogP contribution in [0.2, 0.25) is 0 Å². The van der Waals surface area contributed by atoms with Gasteiger partial charge in [-0.15, -0.1) is 0 Å². The third-order valence-electron chi connectivity index (χ3n) is 9.88. The first-order valence-electron chi connectivity index (χ1n) is 14.3. The second-order valence-corrected chi connectivity index (χ2v) is 11.9. The molecule has 0 unspecified atom stereocenters. The molecule has 9 heteroatoms. The van der Waals surface area contributed by atoms with Crippen LogP contribution in [0.5, 0.6) is 0 Å². The molecular formula is C33H33F5O4. The van der Waals surface area contributed by atoms with Gasteiger partial charge in [0.15, 0.2) is 5.78 Å². The fraction of sp³-hybridized carbons (Fsp3) is 0.515. The summed E-state index contributed by atoms with van der Waals surface area (Å²) in [7, 11) is 0. The van der Waals surface area contributed by atoms with E-state index in [9.17, 15) is 27.9 Å². The maximum absolute atomic E-state index is 15.1. The zero-order valence-corrected chi connectivity index (χ0v) is 23.5. The number of allylic oxidation sites excluding steroid dienone is 5. The molecule has 0 spiro atoms. The molecule has 1 aromatic carbocycles. The third-order valence-corrected chi connectivity index (χ3v) is 9.88. The van der Waals surface area contributed by atoms with Crippen LogP contribution in [0.3, 0.4) is 0 Å². The van der Waals surface area contributed by atoms with E-state index in [1.165, 1.54) is 19.1 Å². The molecule has 42 heavy (non-hydrogen) atoms. The number of hydrogen-bond acceptors (Lipinski definition) is 4. The van der Waals surface area contributed by atoms with E-state index >= 15 is 8.78 Å². The molecule has 5 rings (SSSR count). The van der Waals surface area contributed by atoms with Crippen molar-refractivity contribution in [3.8, 4) is 11.8 Å². The van der Waals surface area contributed by atoms with Crippen molar-refractivity contribution < 1.29 is 41.4 Å². The van der Waals surface area contributed by atoms with E-state index in [2.05, 4.69) is 11.8 Å². The van der Waals surface area contributed by atoms with Gasteiger partial charge >= 0.3 is 18.1 Å². The van der Waals surface area contributed by atoms with Crippen LogP contribution in [0.4, 0.5) is 22.0 Å². The number of alkyl halides is 5. The summed E-state index contributed by atoms with van der Waals surface area (Å²) in [6.07, 6.45) is -0.392. The van der Waals surface area contributed by atoms with Gasteiger partial charge in [0.25, 0.3) is 0 Å². The van der Waals surface area contributed by atoms with Crippen molar-refractivity contribution in [2.45, 2.75) is 82.4 Å². The van der Waals surface area contributed by atoms with Gasteiger partial charge in [0.2, 0.25) is 0 Å². The highest BCUT2D eigenvalue weighted by atomic mass is 19.4. The van der Waals surface area contributed by atoms with E-state index in [1.54, 1.807) is 37.3 Å². The van der Waals surface area contributed by atoms with Crippen LogP contribution in [0, 0.1) is 29.1 Å². The summed E-state index contributed by atoms with van der Waals surface area (Å²) in [5, 5.41) is 11.4. The molecule has 0 heterocycles. The quantitative estimate of drug-likeness (QED) is 0.178.